The van der Waals surface area contributed by atoms with Crippen molar-refractivity contribution >= 4 is 0 Å². The van der Waals surface area contributed by atoms with Crippen molar-refractivity contribution in [3.8, 4) is 6.07 Å². The molecule has 0 aliphatic heterocycles. The standard InChI is InChI=1S/C16H22N2/c1-13(2)11-18-16(12-17)10-6-5-8-14-7-3-4-9-15(14)16/h3-4,7,9,13,18H,5-6,8,10-11H2,1-2H3. The van der Waals surface area contributed by atoms with Crippen LogP contribution in [0.4, 0.5) is 0 Å². The van der Waals surface area contributed by atoms with Crippen LogP contribution < -0.4 is 5.32 Å². The van der Waals surface area contributed by atoms with E-state index in [1.807, 2.05) is 6.07 Å². The van der Waals surface area contributed by atoms with Gasteiger partial charge in [0.2, 0.25) is 0 Å². The average Bonchev–Trinajstić information content (AvgIpc) is 2.57. The molecule has 96 valence electrons. The quantitative estimate of drug-likeness (QED) is 0.825. The van der Waals surface area contributed by atoms with Crippen molar-refractivity contribution in [3.63, 3.8) is 0 Å². The van der Waals surface area contributed by atoms with Crippen molar-refractivity contribution in [2.24, 2.45) is 5.92 Å². The van der Waals surface area contributed by atoms with Gasteiger partial charge in [-0.15, -0.1) is 0 Å². The Balaban J connectivity index is 2.37. The molecule has 0 spiro atoms. The highest BCUT2D eigenvalue weighted by atomic mass is 15.0. The Labute approximate surface area is 110 Å². The number of hydrogen-bond donors (Lipinski definition) is 1. The van der Waals surface area contributed by atoms with Crippen LogP contribution in [0, 0.1) is 17.2 Å². The minimum atomic E-state index is -0.475. The summed E-state index contributed by atoms with van der Waals surface area (Å²) in [6.07, 6.45) is 4.33. The number of benzene rings is 1. The molecule has 0 saturated heterocycles. The summed E-state index contributed by atoms with van der Waals surface area (Å²) in [6, 6.07) is 11.0. The second-order valence-corrected chi connectivity index (χ2v) is 5.66. The maximum Gasteiger partial charge on any atom is 0.132 e. The third-order valence-electron chi connectivity index (χ3n) is 3.73. The van der Waals surface area contributed by atoms with Gasteiger partial charge >= 0.3 is 0 Å². The van der Waals surface area contributed by atoms with Gasteiger partial charge in [0.1, 0.15) is 5.54 Å². The molecule has 0 fully saturated rings. The van der Waals surface area contributed by atoms with E-state index in [0.29, 0.717) is 5.92 Å². The van der Waals surface area contributed by atoms with E-state index < -0.39 is 5.54 Å². The number of aryl methyl sites for hydroxylation is 1. The molecule has 0 heterocycles. The lowest BCUT2D eigenvalue weighted by Crippen LogP contribution is -2.43. The molecule has 1 atom stereocenters. The number of rotatable bonds is 3. The lowest BCUT2D eigenvalue weighted by atomic mass is 9.85. The van der Waals surface area contributed by atoms with Crippen LogP contribution in [0.5, 0.6) is 0 Å². The average molecular weight is 242 g/mol. The fraction of sp³-hybridized carbons (Fsp3) is 0.562. The monoisotopic (exact) mass is 242 g/mol. The maximum atomic E-state index is 9.71. The number of fused-ring (bicyclic) bond motifs is 1. The highest BCUT2D eigenvalue weighted by molar-refractivity contribution is 5.39. The molecule has 1 aliphatic carbocycles. The first-order valence-corrected chi connectivity index (χ1v) is 6.92. The molecule has 0 radical (unpaired) electrons. The normalized spacial score (nSPS) is 23.2. The van der Waals surface area contributed by atoms with Gasteiger partial charge in [-0.25, -0.2) is 0 Å². The Bertz CT molecular complexity index is 445. The van der Waals surface area contributed by atoms with Crippen molar-refractivity contribution in [3.05, 3.63) is 35.4 Å². The van der Waals surface area contributed by atoms with E-state index in [1.54, 1.807) is 0 Å². The molecule has 1 aromatic carbocycles. The zero-order chi connectivity index (χ0) is 13.0. The summed E-state index contributed by atoms with van der Waals surface area (Å²) >= 11 is 0. The lowest BCUT2D eigenvalue weighted by Gasteiger charge is -2.29. The fourth-order valence-electron chi connectivity index (χ4n) is 2.71. The van der Waals surface area contributed by atoms with E-state index in [-0.39, 0.29) is 0 Å². The highest BCUT2D eigenvalue weighted by Crippen LogP contribution is 2.33. The van der Waals surface area contributed by atoms with Crippen molar-refractivity contribution in [2.75, 3.05) is 6.54 Å². The Morgan fingerprint density at radius 2 is 2.11 bits per heavy atom. The molecule has 0 saturated carbocycles. The molecule has 18 heavy (non-hydrogen) atoms. The highest BCUT2D eigenvalue weighted by Gasteiger charge is 2.34. The third kappa shape index (κ3) is 2.57. The molecule has 2 nitrogen and oxygen atoms in total. The van der Waals surface area contributed by atoms with Gasteiger partial charge in [-0.05, 0) is 49.3 Å². The molecule has 1 aromatic rings. The number of nitrogens with one attached hydrogen (secondary N) is 1. The second kappa shape index (κ2) is 5.54. The van der Waals surface area contributed by atoms with Crippen LogP contribution in [0.2, 0.25) is 0 Å². The van der Waals surface area contributed by atoms with Gasteiger partial charge in [0.25, 0.3) is 0 Å². The Hall–Kier alpha value is -1.33. The minimum Gasteiger partial charge on any atom is -0.295 e. The van der Waals surface area contributed by atoms with Gasteiger partial charge in [0, 0.05) is 0 Å². The summed E-state index contributed by atoms with van der Waals surface area (Å²) < 4.78 is 0. The van der Waals surface area contributed by atoms with E-state index in [9.17, 15) is 5.26 Å². The summed E-state index contributed by atoms with van der Waals surface area (Å²) in [5.74, 6) is 0.561. The van der Waals surface area contributed by atoms with Gasteiger partial charge < -0.3 is 0 Å². The SMILES string of the molecule is CC(C)CNC1(C#N)CCCCc2ccccc21. The lowest BCUT2D eigenvalue weighted by molar-refractivity contribution is 0.367. The first kappa shape index (κ1) is 13.1. The Morgan fingerprint density at radius 1 is 1.33 bits per heavy atom. The summed E-state index contributed by atoms with van der Waals surface area (Å²) in [6.45, 7) is 5.25. The van der Waals surface area contributed by atoms with E-state index in [4.69, 9.17) is 0 Å². The van der Waals surface area contributed by atoms with Crippen LogP contribution in [-0.2, 0) is 12.0 Å². The van der Waals surface area contributed by atoms with Gasteiger partial charge in [-0.1, -0.05) is 38.1 Å². The van der Waals surface area contributed by atoms with E-state index in [0.717, 1.165) is 25.8 Å². The molecule has 2 heteroatoms. The van der Waals surface area contributed by atoms with E-state index in [1.165, 1.54) is 17.5 Å². The second-order valence-electron chi connectivity index (χ2n) is 5.66. The summed E-state index contributed by atoms with van der Waals surface area (Å²) in [5.41, 5.74) is 2.07. The zero-order valence-electron chi connectivity index (χ0n) is 11.4. The molecule has 1 N–H and O–H groups in total. The number of nitrogens with zero attached hydrogens (tertiary/aromatic N) is 1. The van der Waals surface area contributed by atoms with Crippen molar-refractivity contribution < 1.29 is 0 Å². The van der Waals surface area contributed by atoms with Crippen LogP contribution in [0.1, 0.15) is 44.2 Å². The maximum absolute atomic E-state index is 9.71. The fourth-order valence-corrected chi connectivity index (χ4v) is 2.71. The summed E-state index contributed by atoms with van der Waals surface area (Å²) in [7, 11) is 0. The van der Waals surface area contributed by atoms with Crippen LogP contribution in [-0.4, -0.2) is 6.54 Å². The first-order chi connectivity index (χ1) is 8.68. The van der Waals surface area contributed by atoms with Crippen LogP contribution in [0.3, 0.4) is 0 Å². The predicted molar refractivity (Wildman–Crippen MR) is 74.1 cm³/mol. The summed E-state index contributed by atoms with van der Waals surface area (Å²) in [5, 5.41) is 13.2. The molecule has 1 unspecified atom stereocenters. The molecular weight excluding hydrogens is 220 g/mol. The smallest absolute Gasteiger partial charge is 0.132 e. The topological polar surface area (TPSA) is 35.8 Å². The van der Waals surface area contributed by atoms with E-state index >= 15 is 0 Å². The zero-order valence-corrected chi connectivity index (χ0v) is 11.4. The number of hydrogen-bond acceptors (Lipinski definition) is 2. The van der Waals surface area contributed by atoms with Gasteiger partial charge in [0.05, 0.1) is 6.07 Å². The van der Waals surface area contributed by atoms with Crippen LogP contribution in [0.25, 0.3) is 0 Å². The minimum absolute atomic E-state index is 0.475. The van der Waals surface area contributed by atoms with E-state index in [2.05, 4.69) is 43.4 Å². The van der Waals surface area contributed by atoms with Crippen LogP contribution >= 0.6 is 0 Å². The van der Waals surface area contributed by atoms with Crippen LogP contribution in [0.15, 0.2) is 24.3 Å². The molecular formula is C16H22N2. The molecule has 1 aliphatic rings. The van der Waals surface area contributed by atoms with Crippen molar-refractivity contribution in [2.45, 2.75) is 45.1 Å². The largest absolute Gasteiger partial charge is 0.295 e. The molecule has 2 rings (SSSR count). The molecule has 0 amide bonds. The molecule has 0 bridgehead atoms. The Morgan fingerprint density at radius 3 is 2.83 bits per heavy atom. The van der Waals surface area contributed by atoms with Gasteiger partial charge in [-0.3, -0.25) is 5.32 Å². The van der Waals surface area contributed by atoms with Crippen molar-refractivity contribution in [1.82, 2.24) is 5.32 Å². The first-order valence-electron chi connectivity index (χ1n) is 6.92. The van der Waals surface area contributed by atoms with Crippen molar-refractivity contribution in [1.29, 1.82) is 5.26 Å². The third-order valence-corrected chi connectivity index (χ3v) is 3.73. The Kier molecular flexibility index (Phi) is 4.04. The molecule has 0 aromatic heterocycles. The summed E-state index contributed by atoms with van der Waals surface area (Å²) in [4.78, 5) is 0. The van der Waals surface area contributed by atoms with Gasteiger partial charge in [-0.2, -0.15) is 5.26 Å². The van der Waals surface area contributed by atoms with Gasteiger partial charge in [0.15, 0.2) is 0 Å². The number of nitriles is 1. The predicted octanol–water partition coefficient (Wildman–Crippen LogP) is 3.38.